The number of aliphatic imine (C=N–C) groups is 1. The zero-order chi connectivity index (χ0) is 22.3. The number of hydrazone groups is 1. The van der Waals surface area contributed by atoms with Crippen molar-refractivity contribution in [3.8, 4) is 21.7 Å². The average molecular weight is 465 g/mol. The zero-order valence-electron chi connectivity index (χ0n) is 17.1. The van der Waals surface area contributed by atoms with E-state index in [0.717, 1.165) is 37.3 Å². The predicted molar refractivity (Wildman–Crippen MR) is 134 cm³/mol. The summed E-state index contributed by atoms with van der Waals surface area (Å²) in [5, 5.41) is 8.11. The van der Waals surface area contributed by atoms with E-state index >= 15 is 0 Å². The van der Waals surface area contributed by atoms with Crippen molar-refractivity contribution in [2.24, 2.45) is 21.7 Å². The van der Waals surface area contributed by atoms with Gasteiger partial charge >= 0.3 is 0 Å². The van der Waals surface area contributed by atoms with Crippen LogP contribution in [0.5, 0.6) is 0 Å². The smallest absolute Gasteiger partial charge is 0.223 e. The second-order valence-corrected chi connectivity index (χ2v) is 8.19. The Morgan fingerprint density at radius 1 is 1.12 bits per heavy atom. The maximum Gasteiger partial charge on any atom is 0.223 e. The number of benzene rings is 1. The highest BCUT2D eigenvalue weighted by atomic mass is 35.5. The molecule has 0 radical (unpaired) electrons. The first kappa shape index (κ1) is 21.8. The average Bonchev–Trinajstić information content (AvgIpc) is 3.26. The van der Waals surface area contributed by atoms with Crippen LogP contribution < -0.4 is 16.9 Å². The van der Waals surface area contributed by atoms with Gasteiger partial charge in [-0.05, 0) is 40.3 Å². The highest BCUT2D eigenvalue weighted by molar-refractivity contribution is 7.22. The van der Waals surface area contributed by atoms with Crippen molar-refractivity contribution in [1.82, 2.24) is 15.0 Å². The van der Waals surface area contributed by atoms with Gasteiger partial charge in [-0.2, -0.15) is 5.10 Å². The van der Waals surface area contributed by atoms with Gasteiger partial charge in [0.05, 0.1) is 23.3 Å². The van der Waals surface area contributed by atoms with Crippen molar-refractivity contribution >= 4 is 51.4 Å². The van der Waals surface area contributed by atoms with Crippen LogP contribution in [0.1, 0.15) is 5.56 Å². The molecule has 1 aromatic carbocycles. The topological polar surface area (TPSA) is 127 Å². The minimum atomic E-state index is 0.387. The van der Waals surface area contributed by atoms with Crippen LogP contribution >= 0.6 is 22.9 Å². The first-order chi connectivity index (χ1) is 15.7. The number of pyridine rings is 1. The number of nitrogens with two attached hydrogens (primary N) is 2. The maximum atomic E-state index is 6.18. The highest BCUT2D eigenvalue weighted by Crippen LogP contribution is 2.40. The molecule has 162 valence electrons. The quantitative estimate of drug-likeness (QED) is 0.119. The molecule has 10 heteroatoms. The van der Waals surface area contributed by atoms with Crippen LogP contribution in [0.4, 0.5) is 5.95 Å². The normalized spacial score (nSPS) is 11.7. The second-order valence-electron chi connectivity index (χ2n) is 6.75. The zero-order valence-corrected chi connectivity index (χ0v) is 18.6. The van der Waals surface area contributed by atoms with E-state index < -0.39 is 0 Å². The van der Waals surface area contributed by atoms with Crippen LogP contribution in [-0.4, -0.2) is 40.5 Å². The van der Waals surface area contributed by atoms with E-state index in [-0.39, 0.29) is 0 Å². The number of rotatable bonds is 8. The summed E-state index contributed by atoms with van der Waals surface area (Å²) in [6, 6.07) is 12.1. The van der Waals surface area contributed by atoms with Gasteiger partial charge in [0.25, 0.3) is 0 Å². The fourth-order valence-corrected chi connectivity index (χ4v) is 4.56. The molecule has 32 heavy (non-hydrogen) atoms. The van der Waals surface area contributed by atoms with Gasteiger partial charge in [0.15, 0.2) is 0 Å². The molecule has 5 N–H and O–H groups in total. The standard InChI is InChI=1S/C22H21ClN8S/c23-20-11-17(15(12-24)13-29-20)16-3-1-2-14-10-19(32-21(14)16)18-4-5-27-22(31-18)28-8-6-26-7-9-30-25/h1-5,7,9-11,13H,6,8,12,24-25H2,(H,27,28,31)/b26-7?,30-9-. The Labute approximate surface area is 194 Å². The molecule has 4 rings (SSSR count). The molecule has 3 heterocycles. The summed E-state index contributed by atoms with van der Waals surface area (Å²) in [5.74, 6) is 5.58. The molecule has 8 nitrogen and oxygen atoms in total. The lowest BCUT2D eigenvalue weighted by molar-refractivity contribution is 0.996. The van der Waals surface area contributed by atoms with Gasteiger partial charge in [-0.15, -0.1) is 11.3 Å². The SMILES string of the molecule is NCc1cnc(Cl)cc1-c1cccc2cc(-c3ccnc(NCCN=C/C=N\N)n3)sc12. The summed E-state index contributed by atoms with van der Waals surface area (Å²) in [7, 11) is 0. The summed E-state index contributed by atoms with van der Waals surface area (Å²) in [4.78, 5) is 18.3. The minimum Gasteiger partial charge on any atom is -0.352 e. The molecule has 0 amide bonds. The van der Waals surface area contributed by atoms with Gasteiger partial charge < -0.3 is 16.9 Å². The number of aromatic nitrogens is 3. The van der Waals surface area contributed by atoms with Crippen molar-refractivity contribution in [3.63, 3.8) is 0 Å². The lowest BCUT2D eigenvalue weighted by atomic mass is 10.0. The number of thiophene rings is 1. The molecule has 0 saturated carbocycles. The Balaban J connectivity index is 1.63. The summed E-state index contributed by atoms with van der Waals surface area (Å²) in [6.07, 6.45) is 6.47. The van der Waals surface area contributed by atoms with Crippen molar-refractivity contribution in [2.75, 3.05) is 18.4 Å². The van der Waals surface area contributed by atoms with Gasteiger partial charge in [-0.3, -0.25) is 4.99 Å². The van der Waals surface area contributed by atoms with Gasteiger partial charge in [-0.25, -0.2) is 15.0 Å². The third kappa shape index (κ3) is 4.91. The molecule has 0 bridgehead atoms. The van der Waals surface area contributed by atoms with Crippen LogP contribution in [0.3, 0.4) is 0 Å². The molecule has 0 aliphatic rings. The van der Waals surface area contributed by atoms with Gasteiger partial charge in [-0.1, -0.05) is 29.8 Å². The fourth-order valence-electron chi connectivity index (χ4n) is 3.25. The Kier molecular flexibility index (Phi) is 7.00. The molecule has 4 aromatic rings. The monoisotopic (exact) mass is 464 g/mol. The maximum absolute atomic E-state index is 6.18. The number of hydrogen-bond acceptors (Lipinski definition) is 9. The molecule has 0 atom stereocenters. The highest BCUT2D eigenvalue weighted by Gasteiger charge is 2.14. The molecule has 0 fully saturated rings. The molecule has 0 saturated heterocycles. The molecule has 0 aliphatic heterocycles. The first-order valence-corrected chi connectivity index (χ1v) is 11.1. The van der Waals surface area contributed by atoms with Crippen LogP contribution in [0.15, 0.2) is 58.9 Å². The molecule has 0 aliphatic carbocycles. The molecule has 0 spiro atoms. The largest absolute Gasteiger partial charge is 0.352 e. The molecule has 0 unspecified atom stereocenters. The van der Waals surface area contributed by atoms with Crippen LogP contribution in [-0.2, 0) is 6.54 Å². The van der Waals surface area contributed by atoms with Crippen molar-refractivity contribution in [3.05, 3.63) is 59.5 Å². The molecular formula is C22H21ClN8S. The number of hydrogen-bond donors (Lipinski definition) is 3. The van der Waals surface area contributed by atoms with Gasteiger partial charge in [0, 0.05) is 36.4 Å². The number of nitrogens with one attached hydrogen (secondary N) is 1. The molecular weight excluding hydrogens is 444 g/mol. The lowest BCUT2D eigenvalue weighted by Crippen LogP contribution is -2.08. The van der Waals surface area contributed by atoms with Crippen molar-refractivity contribution < 1.29 is 0 Å². The Morgan fingerprint density at radius 3 is 2.88 bits per heavy atom. The van der Waals surface area contributed by atoms with Crippen molar-refractivity contribution in [2.45, 2.75) is 6.54 Å². The van der Waals surface area contributed by atoms with E-state index in [2.05, 4.69) is 48.6 Å². The first-order valence-electron chi connectivity index (χ1n) is 9.86. The van der Waals surface area contributed by atoms with Crippen LogP contribution in [0.2, 0.25) is 5.15 Å². The number of anilines is 1. The van der Waals surface area contributed by atoms with E-state index in [1.54, 1.807) is 29.9 Å². The lowest BCUT2D eigenvalue weighted by Gasteiger charge is -2.09. The van der Waals surface area contributed by atoms with E-state index in [1.165, 1.54) is 6.21 Å². The minimum absolute atomic E-state index is 0.387. The third-order valence-corrected chi connectivity index (χ3v) is 6.11. The Bertz CT molecular complexity index is 1280. The fraction of sp³-hybridized carbons (Fsp3) is 0.136. The number of halogens is 1. The second kappa shape index (κ2) is 10.3. The summed E-state index contributed by atoms with van der Waals surface area (Å²) >= 11 is 7.85. The van der Waals surface area contributed by atoms with Crippen LogP contribution in [0.25, 0.3) is 31.8 Å². The number of nitrogens with zero attached hydrogens (tertiary/aromatic N) is 5. The van der Waals surface area contributed by atoms with Crippen molar-refractivity contribution in [1.29, 1.82) is 0 Å². The van der Waals surface area contributed by atoms with Gasteiger partial charge in [0.1, 0.15) is 5.15 Å². The Hall–Kier alpha value is -3.40. The number of fused-ring (bicyclic) bond motifs is 1. The van der Waals surface area contributed by atoms with E-state index in [9.17, 15) is 0 Å². The Morgan fingerprint density at radius 2 is 2.03 bits per heavy atom. The molecule has 3 aromatic heterocycles. The van der Waals surface area contributed by atoms with Gasteiger partial charge in [0.2, 0.25) is 5.95 Å². The predicted octanol–water partition coefficient (Wildman–Crippen LogP) is 3.96. The summed E-state index contributed by atoms with van der Waals surface area (Å²) in [5.41, 5.74) is 9.82. The summed E-state index contributed by atoms with van der Waals surface area (Å²) in [6.45, 7) is 1.54. The third-order valence-electron chi connectivity index (χ3n) is 4.70. The van der Waals surface area contributed by atoms with E-state index in [4.69, 9.17) is 23.2 Å². The van der Waals surface area contributed by atoms with E-state index in [1.807, 2.05) is 18.2 Å². The summed E-state index contributed by atoms with van der Waals surface area (Å²) < 4.78 is 1.14. The van der Waals surface area contributed by atoms with E-state index in [0.29, 0.717) is 30.7 Å². The van der Waals surface area contributed by atoms with Crippen LogP contribution in [0, 0.1) is 0 Å².